The molecule has 1 unspecified atom stereocenters. The number of piperidine rings is 1. The second-order valence-corrected chi connectivity index (χ2v) is 8.69. The highest BCUT2D eigenvalue weighted by Gasteiger charge is 2.30. The minimum absolute atomic E-state index is 0.0911. The normalized spacial score (nSPS) is 20.5. The van der Waals surface area contributed by atoms with Crippen molar-refractivity contribution in [3.8, 4) is 0 Å². The van der Waals surface area contributed by atoms with E-state index < -0.39 is 0 Å². The van der Waals surface area contributed by atoms with E-state index >= 15 is 0 Å². The van der Waals surface area contributed by atoms with Crippen molar-refractivity contribution in [2.75, 3.05) is 32.8 Å². The molecule has 2 saturated heterocycles. The van der Waals surface area contributed by atoms with E-state index in [4.69, 9.17) is 9.37 Å². The number of amides is 1. The molecule has 0 saturated carbocycles. The van der Waals surface area contributed by atoms with Crippen molar-refractivity contribution in [2.24, 2.45) is 5.92 Å². The van der Waals surface area contributed by atoms with Crippen molar-refractivity contribution in [1.29, 1.82) is 0 Å². The van der Waals surface area contributed by atoms with Gasteiger partial charge in [-0.2, -0.15) is 0 Å². The van der Waals surface area contributed by atoms with E-state index in [2.05, 4.69) is 46.4 Å². The summed E-state index contributed by atoms with van der Waals surface area (Å²) in [4.78, 5) is 17.6. The number of carbonyl (C=O) groups is 1. The number of benzene rings is 1. The van der Waals surface area contributed by atoms with Gasteiger partial charge in [-0.3, -0.25) is 9.69 Å². The second kappa shape index (κ2) is 9.71. The van der Waals surface area contributed by atoms with Crippen LogP contribution in [-0.4, -0.2) is 64.9 Å². The van der Waals surface area contributed by atoms with Gasteiger partial charge in [-0.05, 0) is 74.8 Å². The van der Waals surface area contributed by atoms with E-state index in [1.807, 2.05) is 4.90 Å². The van der Waals surface area contributed by atoms with Gasteiger partial charge in [-0.1, -0.05) is 29.4 Å². The first-order chi connectivity index (χ1) is 14.6. The zero-order chi connectivity index (χ0) is 20.9. The van der Waals surface area contributed by atoms with E-state index in [0.29, 0.717) is 23.9 Å². The Morgan fingerprint density at radius 3 is 2.60 bits per heavy atom. The van der Waals surface area contributed by atoms with Crippen LogP contribution in [0.1, 0.15) is 53.0 Å². The number of hydrogen-bond donors (Lipinski definition) is 0. The summed E-state index contributed by atoms with van der Waals surface area (Å²) in [6, 6.07) is 8.61. The molecule has 0 radical (unpaired) electrons. The molecule has 1 atom stereocenters. The molecule has 2 fully saturated rings. The van der Waals surface area contributed by atoms with Gasteiger partial charge in [0, 0.05) is 26.2 Å². The molecule has 1 aromatic carbocycles. The Bertz CT molecular complexity index is 838. The Hall–Kier alpha value is -2.25. The average Bonchev–Trinajstić information content (AvgIpc) is 3.42. The second-order valence-electron chi connectivity index (χ2n) is 8.69. The average molecular weight is 413 g/mol. The number of nitrogens with zero attached hydrogens (tertiary/aromatic N) is 4. The number of hydrogen-bond acceptors (Lipinski definition) is 6. The smallest absolute Gasteiger partial charge is 0.278 e. The molecule has 3 heterocycles. The van der Waals surface area contributed by atoms with Crippen molar-refractivity contribution < 1.29 is 14.2 Å². The molecule has 7 heteroatoms. The monoisotopic (exact) mass is 412 g/mol. The third kappa shape index (κ3) is 5.08. The van der Waals surface area contributed by atoms with Crippen LogP contribution in [0.15, 0.2) is 28.9 Å². The zero-order valence-corrected chi connectivity index (χ0v) is 18.0. The van der Waals surface area contributed by atoms with E-state index in [1.54, 1.807) is 6.92 Å². The van der Waals surface area contributed by atoms with Crippen molar-refractivity contribution in [3.05, 3.63) is 46.8 Å². The number of likely N-dealkylation sites (tertiary alicyclic amines) is 1. The van der Waals surface area contributed by atoms with Gasteiger partial charge in [0.1, 0.15) is 5.69 Å². The minimum atomic E-state index is -0.0911. The van der Waals surface area contributed by atoms with Crippen LogP contribution in [0.2, 0.25) is 0 Å². The summed E-state index contributed by atoms with van der Waals surface area (Å²) in [5.74, 6) is 0.398. The summed E-state index contributed by atoms with van der Waals surface area (Å²) >= 11 is 0. The number of rotatable bonds is 7. The third-order valence-corrected chi connectivity index (χ3v) is 6.43. The fraction of sp³-hybridized carbons (Fsp3) is 0.609. The van der Waals surface area contributed by atoms with Gasteiger partial charge in [0.2, 0.25) is 0 Å². The molecule has 0 spiro atoms. The number of ether oxygens (including phenoxy) is 1. The topological polar surface area (TPSA) is 71.7 Å². The van der Waals surface area contributed by atoms with Crippen LogP contribution >= 0.6 is 0 Å². The van der Waals surface area contributed by atoms with Crippen molar-refractivity contribution in [1.82, 2.24) is 20.1 Å². The van der Waals surface area contributed by atoms with Gasteiger partial charge in [-0.25, -0.2) is 4.63 Å². The zero-order valence-electron chi connectivity index (χ0n) is 18.0. The predicted octanol–water partition coefficient (Wildman–Crippen LogP) is 3.22. The molecule has 2 aliphatic heterocycles. The summed E-state index contributed by atoms with van der Waals surface area (Å²) in [7, 11) is 0. The summed E-state index contributed by atoms with van der Waals surface area (Å²) in [5, 5.41) is 7.63. The lowest BCUT2D eigenvalue weighted by Gasteiger charge is -2.35. The molecule has 0 aliphatic carbocycles. The highest BCUT2D eigenvalue weighted by Crippen LogP contribution is 2.23. The lowest BCUT2D eigenvalue weighted by molar-refractivity contribution is 0.0436. The first kappa shape index (κ1) is 21.0. The maximum atomic E-state index is 13.1. The summed E-state index contributed by atoms with van der Waals surface area (Å²) in [6.45, 7) is 9.21. The largest absolute Gasteiger partial charge is 0.376 e. The maximum Gasteiger partial charge on any atom is 0.278 e. The highest BCUT2D eigenvalue weighted by molar-refractivity contribution is 5.93. The van der Waals surface area contributed by atoms with Crippen LogP contribution in [0.4, 0.5) is 0 Å². The number of aryl methyl sites for hydroxylation is 2. The highest BCUT2D eigenvalue weighted by atomic mass is 16.6. The molecule has 30 heavy (non-hydrogen) atoms. The van der Waals surface area contributed by atoms with Gasteiger partial charge in [0.05, 0.1) is 6.10 Å². The molecule has 2 aromatic rings. The molecule has 0 N–H and O–H groups in total. The summed E-state index contributed by atoms with van der Waals surface area (Å²) < 4.78 is 10.6. The summed E-state index contributed by atoms with van der Waals surface area (Å²) in [5.41, 5.74) is 3.63. The standard InChI is InChI=1S/C23H32N4O3/c1-17-6-3-4-7-20(17)15-26-11-9-19(10-12-26)14-27(16-21-8-5-13-29-21)23(28)22-18(2)24-30-25-22/h3-4,6-7,19,21H,5,8-16H2,1-2H3. The van der Waals surface area contributed by atoms with Crippen LogP contribution in [0.3, 0.4) is 0 Å². The first-order valence-electron chi connectivity index (χ1n) is 11.1. The van der Waals surface area contributed by atoms with Crippen LogP contribution in [0, 0.1) is 19.8 Å². The first-order valence-corrected chi connectivity index (χ1v) is 11.1. The van der Waals surface area contributed by atoms with E-state index in [9.17, 15) is 4.79 Å². The van der Waals surface area contributed by atoms with Gasteiger partial charge in [0.25, 0.3) is 5.91 Å². The van der Waals surface area contributed by atoms with E-state index in [0.717, 1.165) is 58.5 Å². The Morgan fingerprint density at radius 2 is 1.93 bits per heavy atom. The molecular weight excluding hydrogens is 380 g/mol. The Balaban J connectivity index is 1.35. The Morgan fingerprint density at radius 1 is 1.13 bits per heavy atom. The van der Waals surface area contributed by atoms with Gasteiger partial charge in [0.15, 0.2) is 5.69 Å². The van der Waals surface area contributed by atoms with E-state index in [1.165, 1.54) is 11.1 Å². The van der Waals surface area contributed by atoms with Crippen LogP contribution in [0.25, 0.3) is 0 Å². The van der Waals surface area contributed by atoms with Crippen molar-refractivity contribution in [3.63, 3.8) is 0 Å². The molecule has 4 rings (SSSR count). The number of aromatic nitrogens is 2. The van der Waals surface area contributed by atoms with Gasteiger partial charge in [-0.15, -0.1) is 0 Å². The van der Waals surface area contributed by atoms with Crippen molar-refractivity contribution >= 4 is 5.91 Å². The quantitative estimate of drug-likeness (QED) is 0.695. The SMILES string of the molecule is Cc1ccccc1CN1CCC(CN(CC2CCCO2)C(=O)c2nonc2C)CC1. The molecule has 7 nitrogen and oxygen atoms in total. The van der Waals surface area contributed by atoms with E-state index in [-0.39, 0.29) is 12.0 Å². The molecule has 1 aromatic heterocycles. The Labute approximate surface area is 178 Å². The maximum absolute atomic E-state index is 13.1. The lowest BCUT2D eigenvalue weighted by atomic mass is 9.95. The Kier molecular flexibility index (Phi) is 6.79. The molecule has 2 aliphatic rings. The van der Waals surface area contributed by atoms with Crippen molar-refractivity contribution in [2.45, 2.75) is 52.2 Å². The predicted molar refractivity (Wildman–Crippen MR) is 113 cm³/mol. The van der Waals surface area contributed by atoms with Crippen LogP contribution < -0.4 is 0 Å². The lowest BCUT2D eigenvalue weighted by Crippen LogP contribution is -2.43. The molecule has 0 bridgehead atoms. The third-order valence-electron chi connectivity index (χ3n) is 6.43. The molecule has 162 valence electrons. The summed E-state index contributed by atoms with van der Waals surface area (Å²) in [6.07, 6.45) is 4.38. The van der Waals surface area contributed by atoms with Gasteiger partial charge >= 0.3 is 0 Å². The fourth-order valence-corrected chi connectivity index (χ4v) is 4.52. The van der Waals surface area contributed by atoms with Crippen LogP contribution in [-0.2, 0) is 11.3 Å². The molecular formula is C23H32N4O3. The number of carbonyl (C=O) groups excluding carboxylic acids is 1. The molecule has 1 amide bonds. The van der Waals surface area contributed by atoms with Crippen LogP contribution in [0.5, 0.6) is 0 Å². The minimum Gasteiger partial charge on any atom is -0.376 e. The van der Waals surface area contributed by atoms with Gasteiger partial charge < -0.3 is 9.64 Å². The fourth-order valence-electron chi connectivity index (χ4n) is 4.52.